The molecule has 40 heavy (non-hydrogen) atoms. The van der Waals surface area contributed by atoms with Gasteiger partial charge in [0.05, 0.1) is 30.1 Å². The molecule has 0 aliphatic carbocycles. The zero-order chi connectivity index (χ0) is 28.9. The maximum atomic E-state index is 14.2. The number of halogens is 3. The third kappa shape index (κ3) is 8.28. The van der Waals surface area contributed by atoms with E-state index in [0.717, 1.165) is 17.0 Å². The van der Waals surface area contributed by atoms with E-state index >= 15 is 0 Å². The van der Waals surface area contributed by atoms with Gasteiger partial charge < -0.3 is 25.0 Å². The van der Waals surface area contributed by atoms with Crippen molar-refractivity contribution in [2.24, 2.45) is 0 Å². The molecule has 8 nitrogen and oxygen atoms in total. The summed E-state index contributed by atoms with van der Waals surface area (Å²) in [5, 5.41) is 35.3. The Hall–Kier alpha value is -2.96. The monoisotopic (exact) mass is 567 g/mol. The number of aliphatic carboxylic acids is 1. The Morgan fingerprint density at radius 2 is 1.68 bits per heavy atom. The molecule has 0 aliphatic heterocycles. The summed E-state index contributed by atoms with van der Waals surface area (Å²) in [4.78, 5) is 25.3. The van der Waals surface area contributed by atoms with Crippen molar-refractivity contribution in [1.29, 1.82) is 0 Å². The van der Waals surface area contributed by atoms with Gasteiger partial charge in [0.1, 0.15) is 17.5 Å². The molecule has 3 rings (SSSR count). The van der Waals surface area contributed by atoms with Gasteiger partial charge in [-0.1, -0.05) is 26.0 Å². The summed E-state index contributed by atoms with van der Waals surface area (Å²) in [6.45, 7) is 3.24. The number of carboxylic acids is 1. The summed E-state index contributed by atoms with van der Waals surface area (Å²) >= 11 is 0. The topological polar surface area (TPSA) is 119 Å². The van der Waals surface area contributed by atoms with Crippen LogP contribution >= 0.6 is 0 Å². The Balaban J connectivity index is 0.00000560. The molecule has 0 bridgehead atoms. The number of rotatable bonds is 11. The van der Waals surface area contributed by atoms with Crippen molar-refractivity contribution in [2.45, 2.75) is 51.4 Å². The van der Waals surface area contributed by atoms with E-state index in [1.54, 1.807) is 13.8 Å². The minimum absolute atomic E-state index is 0. The van der Waals surface area contributed by atoms with E-state index in [1.165, 1.54) is 54.2 Å². The van der Waals surface area contributed by atoms with Crippen LogP contribution < -0.4 is 34.7 Å². The van der Waals surface area contributed by atoms with Crippen molar-refractivity contribution >= 4 is 18.0 Å². The van der Waals surface area contributed by atoms with Crippen LogP contribution in [0.15, 0.2) is 48.5 Å². The Kier molecular flexibility index (Phi) is 12.1. The summed E-state index contributed by atoms with van der Waals surface area (Å²) in [6, 6.07) is 8.71. The first-order valence-corrected chi connectivity index (χ1v) is 12.2. The number of aliphatic hydroxyl groups excluding tert-OH is 2. The zero-order valence-corrected chi connectivity index (χ0v) is 24.6. The van der Waals surface area contributed by atoms with Crippen molar-refractivity contribution in [2.75, 3.05) is 7.05 Å². The minimum atomic E-state index is -1.46. The molecule has 208 valence electrons. The third-order valence-electron chi connectivity index (χ3n) is 6.01. The summed E-state index contributed by atoms with van der Waals surface area (Å²) in [5.74, 6) is -4.47. The molecule has 0 saturated heterocycles. The number of amides is 1. The van der Waals surface area contributed by atoms with Gasteiger partial charge in [-0.3, -0.25) is 4.79 Å². The van der Waals surface area contributed by atoms with Gasteiger partial charge in [-0.15, -0.1) is 0 Å². The molecule has 2 aromatic carbocycles. The second-order valence-corrected chi connectivity index (χ2v) is 9.44. The number of carbonyl (C=O) groups excluding carboxylic acids is 2. The van der Waals surface area contributed by atoms with E-state index in [0.29, 0.717) is 16.9 Å². The van der Waals surface area contributed by atoms with Gasteiger partial charge in [-0.05, 0) is 48.4 Å². The third-order valence-corrected chi connectivity index (χ3v) is 6.01. The van der Waals surface area contributed by atoms with Crippen LogP contribution in [0.3, 0.4) is 0 Å². The van der Waals surface area contributed by atoms with Crippen LogP contribution in [0.5, 0.6) is 0 Å². The van der Waals surface area contributed by atoms with E-state index in [4.69, 9.17) is 0 Å². The predicted octanol–water partition coefficient (Wildman–Crippen LogP) is -0.0457. The van der Waals surface area contributed by atoms with Gasteiger partial charge in [0.2, 0.25) is 0 Å². The smallest absolute Gasteiger partial charge is 0.550 e. The van der Waals surface area contributed by atoms with Crippen molar-refractivity contribution in [3.63, 3.8) is 0 Å². The van der Waals surface area contributed by atoms with E-state index in [-0.39, 0.29) is 59.7 Å². The van der Waals surface area contributed by atoms with Crippen molar-refractivity contribution in [1.82, 2.24) is 14.7 Å². The summed E-state index contributed by atoms with van der Waals surface area (Å²) < 4.78 is 43.4. The van der Waals surface area contributed by atoms with Crippen LogP contribution in [-0.4, -0.2) is 56.0 Å². The van der Waals surface area contributed by atoms with Crippen LogP contribution in [0, 0.1) is 17.5 Å². The molecule has 1 aromatic heterocycles. The number of carbonyl (C=O) groups is 2. The molecule has 12 heteroatoms. The summed E-state index contributed by atoms with van der Waals surface area (Å²) in [7, 11) is 1.38. The molecule has 1 amide bonds. The van der Waals surface area contributed by atoms with Gasteiger partial charge in [-0.25, -0.2) is 17.9 Å². The molecule has 2 N–H and O–H groups in total. The SMILES string of the molecule is CC(C)c1c(C(=O)N(C)Cc2c(F)cccc2F)nn(-c2ccc(F)cc2)c1/C=C/[C@@H](O)C[C@@H](O)CC(=O)[O-].[Na+]. The van der Waals surface area contributed by atoms with Crippen LogP contribution in [0.2, 0.25) is 0 Å². The average Bonchev–Trinajstić information content (AvgIpc) is 3.24. The van der Waals surface area contributed by atoms with Gasteiger partial charge in [0.15, 0.2) is 5.69 Å². The van der Waals surface area contributed by atoms with Gasteiger partial charge in [0.25, 0.3) is 5.91 Å². The number of nitrogens with zero attached hydrogens (tertiary/aromatic N) is 3. The van der Waals surface area contributed by atoms with Gasteiger partial charge >= 0.3 is 29.6 Å². The molecule has 0 spiro atoms. The molecular weight excluding hydrogens is 538 g/mol. The first-order valence-electron chi connectivity index (χ1n) is 12.2. The molecular formula is C28H29F3N3NaO5. The molecule has 2 atom stereocenters. The average molecular weight is 568 g/mol. The Bertz CT molecular complexity index is 1340. The van der Waals surface area contributed by atoms with Crippen LogP contribution in [0.4, 0.5) is 13.2 Å². The fraction of sp³-hybridized carbons (Fsp3) is 0.321. The van der Waals surface area contributed by atoms with E-state index in [1.807, 2.05) is 0 Å². The number of aromatic nitrogens is 2. The molecule has 0 fully saturated rings. The number of hydrogen-bond donors (Lipinski definition) is 2. The number of hydrogen-bond acceptors (Lipinski definition) is 6. The van der Waals surface area contributed by atoms with Crippen molar-refractivity contribution in [3.8, 4) is 5.69 Å². The summed E-state index contributed by atoms with van der Waals surface area (Å²) in [5.41, 5.74) is 0.907. The normalized spacial score (nSPS) is 12.8. The second kappa shape index (κ2) is 14.6. The van der Waals surface area contributed by atoms with Crippen molar-refractivity contribution in [3.05, 3.63) is 88.5 Å². The maximum Gasteiger partial charge on any atom is 1.00 e. The van der Waals surface area contributed by atoms with Gasteiger partial charge in [-0.2, -0.15) is 5.10 Å². The van der Waals surface area contributed by atoms with Crippen LogP contribution in [0.25, 0.3) is 11.8 Å². The van der Waals surface area contributed by atoms with E-state index in [2.05, 4.69) is 5.10 Å². The molecule has 0 radical (unpaired) electrons. The van der Waals surface area contributed by atoms with Crippen LogP contribution in [-0.2, 0) is 11.3 Å². The fourth-order valence-electron chi connectivity index (χ4n) is 4.12. The summed E-state index contributed by atoms with van der Waals surface area (Å²) in [6.07, 6.45) is -0.741. The predicted molar refractivity (Wildman–Crippen MR) is 135 cm³/mol. The van der Waals surface area contributed by atoms with Gasteiger partial charge in [0, 0.05) is 37.0 Å². The molecule has 0 aliphatic rings. The van der Waals surface area contributed by atoms with E-state index in [9.17, 15) is 38.1 Å². The van der Waals surface area contributed by atoms with Crippen molar-refractivity contribution < 1.29 is 67.6 Å². The number of carboxylic acid groups (broad SMARTS) is 1. The second-order valence-electron chi connectivity index (χ2n) is 9.44. The first kappa shape index (κ1) is 33.2. The Labute approximate surface area is 252 Å². The fourth-order valence-corrected chi connectivity index (χ4v) is 4.12. The Morgan fingerprint density at radius 1 is 1.07 bits per heavy atom. The standard InChI is InChI=1S/C28H30F3N3O5.Na/c1-16(2)26-24(12-11-19(35)13-20(36)14-25(37)38)34(18-9-7-17(29)8-10-18)32-27(26)28(39)33(3)15-21-22(30)5-4-6-23(21)31;/h4-12,16,19-20,35-36H,13-15H2,1-3H3,(H,37,38);/q;+1/p-1/b12-11+;/t19-,20-;/m1./s1. The van der Waals surface area contributed by atoms with Crippen LogP contribution in [0.1, 0.15) is 59.9 Å². The quantitative estimate of drug-likeness (QED) is 0.314. The molecule has 3 aromatic rings. The molecule has 1 heterocycles. The Morgan fingerprint density at radius 3 is 2.23 bits per heavy atom. The largest absolute Gasteiger partial charge is 1.00 e. The maximum absolute atomic E-state index is 14.2. The van der Waals surface area contributed by atoms with E-state index < -0.39 is 48.0 Å². The molecule has 0 saturated carbocycles. The first-order chi connectivity index (χ1) is 18.4. The minimum Gasteiger partial charge on any atom is -0.550 e. The zero-order valence-electron chi connectivity index (χ0n) is 22.6. The number of aliphatic hydroxyl groups is 2. The number of benzene rings is 2. The molecule has 0 unspecified atom stereocenters.